The molecule has 7 nitrogen and oxygen atoms in total. The minimum atomic E-state index is -0.874. The maximum Gasteiger partial charge on any atom is 0.329 e. The fourth-order valence-electron chi connectivity index (χ4n) is 3.83. The Hall–Kier alpha value is -2.49. The molecule has 2 fully saturated rings. The highest BCUT2D eigenvalue weighted by atomic mass is 127. The van der Waals surface area contributed by atoms with Gasteiger partial charge in [0.05, 0.1) is 16.8 Å². The first kappa shape index (κ1) is 20.8. The van der Waals surface area contributed by atoms with Crippen LogP contribution in [0.5, 0.6) is 5.75 Å². The number of nitrogens with one attached hydrogen (secondary N) is 1. The number of anilines is 3. The topological polar surface area (TPSA) is 65.1 Å². The second-order valence-corrected chi connectivity index (χ2v) is 9.42. The summed E-state index contributed by atoms with van der Waals surface area (Å²) in [7, 11) is 1.67. The third-order valence-corrected chi connectivity index (χ3v) is 6.62. The number of piperazine rings is 1. The minimum absolute atomic E-state index is 0.236. The van der Waals surface area contributed by atoms with E-state index in [4.69, 9.17) is 4.74 Å². The molecule has 2 aromatic rings. The van der Waals surface area contributed by atoms with Gasteiger partial charge in [-0.15, -0.1) is 0 Å². The van der Waals surface area contributed by atoms with E-state index in [0.717, 1.165) is 31.1 Å². The van der Waals surface area contributed by atoms with Gasteiger partial charge in [0.2, 0.25) is 0 Å². The monoisotopic (exact) mass is 520 g/mol. The van der Waals surface area contributed by atoms with Gasteiger partial charge in [-0.25, -0.2) is 9.69 Å². The smallest absolute Gasteiger partial charge is 0.329 e. The number of urea groups is 1. The number of halogens is 1. The SMILES string of the molecule is COc1ccc(N2CCN(c3ccc(N4C(=O)NC(C)(C)C4=O)cc3)C(I)C2)cc1. The van der Waals surface area contributed by atoms with Gasteiger partial charge in [-0.3, -0.25) is 4.79 Å². The van der Waals surface area contributed by atoms with Crippen molar-refractivity contribution in [3.8, 4) is 5.75 Å². The maximum absolute atomic E-state index is 12.5. The second kappa shape index (κ2) is 7.98. The molecule has 2 saturated heterocycles. The van der Waals surface area contributed by atoms with E-state index < -0.39 is 5.54 Å². The van der Waals surface area contributed by atoms with Crippen LogP contribution in [0, 0.1) is 0 Å². The average molecular weight is 520 g/mol. The molecule has 1 unspecified atom stereocenters. The molecule has 0 radical (unpaired) electrons. The number of amides is 3. The molecule has 2 aliphatic heterocycles. The Morgan fingerprint density at radius 3 is 2.10 bits per heavy atom. The van der Waals surface area contributed by atoms with E-state index in [9.17, 15) is 9.59 Å². The predicted octanol–water partition coefficient (Wildman–Crippen LogP) is 3.62. The van der Waals surface area contributed by atoms with E-state index in [0.29, 0.717) is 9.74 Å². The van der Waals surface area contributed by atoms with Gasteiger partial charge in [0.25, 0.3) is 5.91 Å². The third-order valence-electron chi connectivity index (χ3n) is 5.56. The molecule has 0 aromatic heterocycles. The van der Waals surface area contributed by atoms with Crippen LogP contribution in [0.2, 0.25) is 0 Å². The largest absolute Gasteiger partial charge is 0.497 e. The standard InChI is InChI=1S/C22H25IN4O3/c1-22(2)20(28)27(21(29)24-22)17-6-4-16(5-7-17)26-13-12-25(14-19(26)23)15-8-10-18(30-3)11-9-15/h4-11,19H,12-14H2,1-3H3,(H,24,29). The summed E-state index contributed by atoms with van der Waals surface area (Å²) >= 11 is 2.47. The van der Waals surface area contributed by atoms with Crippen LogP contribution in [0.4, 0.5) is 21.9 Å². The van der Waals surface area contributed by atoms with Crippen LogP contribution in [0.1, 0.15) is 13.8 Å². The number of benzene rings is 2. The number of alkyl halides is 1. The Balaban J connectivity index is 1.45. The van der Waals surface area contributed by atoms with Crippen molar-refractivity contribution in [1.82, 2.24) is 5.32 Å². The van der Waals surface area contributed by atoms with Gasteiger partial charge in [0, 0.05) is 31.0 Å². The van der Waals surface area contributed by atoms with Crippen molar-refractivity contribution in [2.24, 2.45) is 0 Å². The van der Waals surface area contributed by atoms with E-state index in [1.807, 2.05) is 36.4 Å². The number of carbonyl (C=O) groups excluding carboxylic acids is 2. The van der Waals surface area contributed by atoms with Crippen LogP contribution >= 0.6 is 22.6 Å². The molecule has 2 aliphatic rings. The molecule has 0 saturated carbocycles. The lowest BCUT2D eigenvalue weighted by atomic mass is 10.1. The quantitative estimate of drug-likeness (QED) is 0.289. The lowest BCUT2D eigenvalue weighted by Gasteiger charge is -2.41. The first-order valence-corrected chi connectivity index (χ1v) is 11.1. The first-order chi connectivity index (χ1) is 14.3. The normalized spacial score (nSPS) is 21.1. The second-order valence-electron chi connectivity index (χ2n) is 7.98. The number of methoxy groups -OCH3 is 1. The highest BCUT2D eigenvalue weighted by Gasteiger charge is 2.45. The summed E-state index contributed by atoms with van der Waals surface area (Å²) in [4.78, 5) is 30.7. The lowest BCUT2D eigenvalue weighted by Crippen LogP contribution is -2.50. The van der Waals surface area contributed by atoms with Crippen LogP contribution in [-0.4, -0.2) is 48.3 Å². The minimum Gasteiger partial charge on any atom is -0.497 e. The van der Waals surface area contributed by atoms with E-state index in [1.54, 1.807) is 21.0 Å². The summed E-state index contributed by atoms with van der Waals surface area (Å²) in [6, 6.07) is 15.4. The van der Waals surface area contributed by atoms with Crippen molar-refractivity contribution in [1.29, 1.82) is 0 Å². The molecule has 0 bridgehead atoms. The number of rotatable bonds is 4. The van der Waals surface area contributed by atoms with Crippen molar-refractivity contribution in [2.45, 2.75) is 23.4 Å². The Bertz CT molecular complexity index is 946. The predicted molar refractivity (Wildman–Crippen MR) is 127 cm³/mol. The van der Waals surface area contributed by atoms with Crippen LogP contribution in [0.15, 0.2) is 48.5 Å². The molecule has 0 aliphatic carbocycles. The molecule has 30 heavy (non-hydrogen) atoms. The molecular formula is C22H25IN4O3. The molecule has 0 spiro atoms. The molecule has 158 valence electrons. The highest BCUT2D eigenvalue weighted by molar-refractivity contribution is 14.1. The van der Waals surface area contributed by atoms with Crippen molar-refractivity contribution in [2.75, 3.05) is 41.4 Å². The van der Waals surface area contributed by atoms with Crippen LogP contribution in [-0.2, 0) is 4.79 Å². The van der Waals surface area contributed by atoms with E-state index in [-0.39, 0.29) is 11.9 Å². The van der Waals surface area contributed by atoms with E-state index >= 15 is 0 Å². The Kier molecular flexibility index (Phi) is 5.52. The van der Waals surface area contributed by atoms with Crippen molar-refractivity contribution in [3.05, 3.63) is 48.5 Å². The number of nitrogens with zero attached hydrogens (tertiary/aromatic N) is 3. The van der Waals surface area contributed by atoms with Crippen molar-refractivity contribution >= 4 is 51.6 Å². The fraction of sp³-hybridized carbons (Fsp3) is 0.364. The van der Waals surface area contributed by atoms with Gasteiger partial charge in [-0.1, -0.05) is 22.6 Å². The Morgan fingerprint density at radius 2 is 1.57 bits per heavy atom. The number of hydrogen-bond acceptors (Lipinski definition) is 5. The van der Waals surface area contributed by atoms with Gasteiger partial charge < -0.3 is 19.9 Å². The zero-order valence-electron chi connectivity index (χ0n) is 17.3. The Labute approximate surface area is 190 Å². The van der Waals surface area contributed by atoms with E-state index in [1.165, 1.54) is 10.6 Å². The van der Waals surface area contributed by atoms with Gasteiger partial charge in [0.15, 0.2) is 0 Å². The summed E-state index contributed by atoms with van der Waals surface area (Å²) in [5.41, 5.74) is 1.99. The van der Waals surface area contributed by atoms with Crippen LogP contribution < -0.4 is 24.8 Å². The number of imide groups is 1. The number of carbonyl (C=O) groups is 2. The summed E-state index contributed by atoms with van der Waals surface area (Å²) < 4.78 is 5.54. The molecule has 8 heteroatoms. The van der Waals surface area contributed by atoms with Gasteiger partial charge in [0.1, 0.15) is 11.3 Å². The summed E-state index contributed by atoms with van der Waals surface area (Å²) in [5.74, 6) is 0.622. The molecule has 2 aromatic carbocycles. The van der Waals surface area contributed by atoms with Crippen LogP contribution in [0.25, 0.3) is 0 Å². The summed E-state index contributed by atoms with van der Waals surface area (Å²) in [6.45, 7) is 6.12. The van der Waals surface area contributed by atoms with Crippen molar-refractivity contribution < 1.29 is 14.3 Å². The molecule has 3 amide bonds. The van der Waals surface area contributed by atoms with Gasteiger partial charge >= 0.3 is 6.03 Å². The summed E-state index contributed by atoms with van der Waals surface area (Å²) in [5, 5.41) is 2.72. The first-order valence-electron chi connectivity index (χ1n) is 9.86. The molecular weight excluding hydrogens is 495 g/mol. The molecule has 1 atom stereocenters. The molecule has 2 heterocycles. The number of hydrogen-bond donors (Lipinski definition) is 1. The fourth-order valence-corrected chi connectivity index (χ4v) is 4.91. The number of ether oxygens (including phenoxy) is 1. The van der Waals surface area contributed by atoms with Gasteiger partial charge in [-0.05, 0) is 62.4 Å². The zero-order valence-corrected chi connectivity index (χ0v) is 19.4. The maximum atomic E-state index is 12.5. The molecule has 1 N–H and O–H groups in total. The zero-order chi connectivity index (χ0) is 21.5. The highest BCUT2D eigenvalue weighted by Crippen LogP contribution is 2.31. The van der Waals surface area contributed by atoms with E-state index in [2.05, 4.69) is 49.8 Å². The third kappa shape index (κ3) is 3.80. The average Bonchev–Trinajstić information content (AvgIpc) is 2.95. The lowest BCUT2D eigenvalue weighted by molar-refractivity contribution is -0.121. The van der Waals surface area contributed by atoms with Crippen LogP contribution in [0.3, 0.4) is 0 Å². The Morgan fingerprint density at radius 1 is 0.967 bits per heavy atom. The molecule has 4 rings (SSSR count). The van der Waals surface area contributed by atoms with Crippen molar-refractivity contribution in [3.63, 3.8) is 0 Å². The summed E-state index contributed by atoms with van der Waals surface area (Å²) in [6.07, 6.45) is 0. The van der Waals surface area contributed by atoms with Gasteiger partial charge in [-0.2, -0.15) is 0 Å².